The molecule has 0 aromatic heterocycles. The third-order valence-corrected chi connectivity index (χ3v) is 3.37. The number of rotatable bonds is 6. The van der Waals surface area contributed by atoms with Crippen LogP contribution in [-0.2, 0) is 6.42 Å². The molecule has 0 aliphatic rings. The van der Waals surface area contributed by atoms with Gasteiger partial charge in [-0.2, -0.15) is 0 Å². The molecule has 1 aromatic rings. The summed E-state index contributed by atoms with van der Waals surface area (Å²) in [5, 5.41) is 11.2. The lowest BCUT2D eigenvalue weighted by Gasteiger charge is -2.27. The molecule has 0 spiro atoms. The maximum absolute atomic E-state index is 10.5. The molecule has 96 valence electrons. The van der Waals surface area contributed by atoms with Crippen LogP contribution in [0.25, 0.3) is 0 Å². The van der Waals surface area contributed by atoms with Gasteiger partial charge >= 0.3 is 0 Å². The molecule has 1 N–H and O–H groups in total. The molecule has 0 radical (unpaired) electrons. The van der Waals surface area contributed by atoms with E-state index in [1.807, 2.05) is 19.1 Å². The second-order valence-corrected chi connectivity index (χ2v) is 4.90. The maximum Gasteiger partial charge on any atom is 0.122 e. The van der Waals surface area contributed by atoms with Gasteiger partial charge in [0.15, 0.2) is 0 Å². The zero-order valence-electron chi connectivity index (χ0n) is 10.8. The van der Waals surface area contributed by atoms with E-state index >= 15 is 0 Å². The van der Waals surface area contributed by atoms with Crippen molar-refractivity contribution in [2.24, 2.45) is 0 Å². The van der Waals surface area contributed by atoms with Crippen LogP contribution < -0.4 is 4.74 Å². The summed E-state index contributed by atoms with van der Waals surface area (Å²) >= 11 is 5.99. The van der Waals surface area contributed by atoms with Gasteiger partial charge in [0.1, 0.15) is 5.75 Å². The highest BCUT2D eigenvalue weighted by molar-refractivity contribution is 6.30. The molecule has 17 heavy (non-hydrogen) atoms. The zero-order chi connectivity index (χ0) is 12.9. The monoisotopic (exact) mass is 256 g/mol. The smallest absolute Gasteiger partial charge is 0.122 e. The number of hydrogen-bond donors (Lipinski definition) is 1. The SMILES string of the molecule is CCCC(O)(CC)Cc1cc(Cl)ccc1OC. The normalized spacial score (nSPS) is 14.4. The summed E-state index contributed by atoms with van der Waals surface area (Å²) in [4.78, 5) is 0. The van der Waals surface area contributed by atoms with Crippen LogP contribution in [0.3, 0.4) is 0 Å². The van der Waals surface area contributed by atoms with Crippen LogP contribution in [-0.4, -0.2) is 17.8 Å². The third-order valence-electron chi connectivity index (χ3n) is 3.14. The van der Waals surface area contributed by atoms with E-state index in [0.29, 0.717) is 11.4 Å². The maximum atomic E-state index is 10.5. The second kappa shape index (κ2) is 6.27. The number of halogens is 1. The van der Waals surface area contributed by atoms with E-state index in [4.69, 9.17) is 16.3 Å². The van der Waals surface area contributed by atoms with Crippen molar-refractivity contribution >= 4 is 11.6 Å². The van der Waals surface area contributed by atoms with E-state index in [-0.39, 0.29) is 0 Å². The highest BCUT2D eigenvalue weighted by Gasteiger charge is 2.25. The summed E-state index contributed by atoms with van der Waals surface area (Å²) in [5.74, 6) is 0.789. The Morgan fingerprint density at radius 1 is 1.35 bits per heavy atom. The molecule has 0 bridgehead atoms. The van der Waals surface area contributed by atoms with E-state index < -0.39 is 5.60 Å². The van der Waals surface area contributed by atoms with Crippen molar-refractivity contribution in [2.45, 2.75) is 45.1 Å². The average molecular weight is 257 g/mol. The third kappa shape index (κ3) is 3.90. The largest absolute Gasteiger partial charge is 0.496 e. The first-order valence-electron chi connectivity index (χ1n) is 6.09. The van der Waals surface area contributed by atoms with Crippen molar-refractivity contribution in [1.82, 2.24) is 0 Å². The van der Waals surface area contributed by atoms with Gasteiger partial charge in [-0.15, -0.1) is 0 Å². The Balaban J connectivity index is 2.95. The average Bonchev–Trinajstić information content (AvgIpc) is 2.29. The first kappa shape index (κ1) is 14.3. The quantitative estimate of drug-likeness (QED) is 0.838. The second-order valence-electron chi connectivity index (χ2n) is 4.46. The number of benzene rings is 1. The molecule has 1 rings (SSSR count). The van der Waals surface area contributed by atoms with Gasteiger partial charge < -0.3 is 9.84 Å². The summed E-state index contributed by atoms with van der Waals surface area (Å²) in [6.45, 7) is 4.09. The van der Waals surface area contributed by atoms with Crippen LogP contribution in [0, 0.1) is 0 Å². The van der Waals surface area contributed by atoms with Crippen LogP contribution in [0.4, 0.5) is 0 Å². The predicted octanol–water partition coefficient (Wildman–Crippen LogP) is 3.83. The highest BCUT2D eigenvalue weighted by Crippen LogP contribution is 2.30. The van der Waals surface area contributed by atoms with Gasteiger partial charge in [-0.3, -0.25) is 0 Å². The molecular formula is C14H21ClO2. The van der Waals surface area contributed by atoms with Gasteiger partial charge in [-0.05, 0) is 36.6 Å². The molecule has 0 aliphatic heterocycles. The molecule has 0 fully saturated rings. The van der Waals surface area contributed by atoms with Crippen molar-refractivity contribution in [3.63, 3.8) is 0 Å². The van der Waals surface area contributed by atoms with Crippen LogP contribution in [0.1, 0.15) is 38.7 Å². The Kier molecular flexibility index (Phi) is 5.29. The van der Waals surface area contributed by atoms with E-state index in [2.05, 4.69) is 6.92 Å². The summed E-state index contributed by atoms with van der Waals surface area (Å²) < 4.78 is 5.30. The van der Waals surface area contributed by atoms with Crippen LogP contribution in [0.15, 0.2) is 18.2 Å². The topological polar surface area (TPSA) is 29.5 Å². The van der Waals surface area contributed by atoms with Gasteiger partial charge in [0.2, 0.25) is 0 Å². The van der Waals surface area contributed by atoms with Crippen molar-refractivity contribution in [2.75, 3.05) is 7.11 Å². The summed E-state index contributed by atoms with van der Waals surface area (Å²) in [5.41, 5.74) is 0.310. The first-order chi connectivity index (χ1) is 8.04. The molecule has 0 heterocycles. The Morgan fingerprint density at radius 2 is 2.06 bits per heavy atom. The summed E-state index contributed by atoms with van der Waals surface area (Å²) in [7, 11) is 1.64. The molecule has 2 nitrogen and oxygen atoms in total. The minimum absolute atomic E-state index is 0.584. The fourth-order valence-corrected chi connectivity index (χ4v) is 2.29. The lowest BCUT2D eigenvalue weighted by atomic mass is 9.87. The molecular weight excluding hydrogens is 236 g/mol. The molecule has 0 amide bonds. The number of aliphatic hydroxyl groups is 1. The van der Waals surface area contributed by atoms with Crippen LogP contribution in [0.2, 0.25) is 5.02 Å². The summed E-state index contributed by atoms with van der Waals surface area (Å²) in [6, 6.07) is 5.52. The fourth-order valence-electron chi connectivity index (χ4n) is 2.10. The highest BCUT2D eigenvalue weighted by atomic mass is 35.5. The van der Waals surface area contributed by atoms with Crippen molar-refractivity contribution in [1.29, 1.82) is 0 Å². The lowest BCUT2D eigenvalue weighted by Crippen LogP contribution is -2.30. The zero-order valence-corrected chi connectivity index (χ0v) is 11.5. The summed E-state index contributed by atoms with van der Waals surface area (Å²) in [6.07, 6.45) is 3.07. The number of hydrogen-bond acceptors (Lipinski definition) is 2. The van der Waals surface area contributed by atoms with E-state index in [9.17, 15) is 5.11 Å². The molecule has 1 unspecified atom stereocenters. The Hall–Kier alpha value is -0.730. The van der Waals surface area contributed by atoms with Crippen LogP contribution >= 0.6 is 11.6 Å². The van der Waals surface area contributed by atoms with Gasteiger partial charge in [-0.25, -0.2) is 0 Å². The van der Waals surface area contributed by atoms with Crippen LogP contribution in [0.5, 0.6) is 5.75 Å². The molecule has 3 heteroatoms. The molecule has 0 aliphatic carbocycles. The van der Waals surface area contributed by atoms with Gasteiger partial charge in [0.05, 0.1) is 12.7 Å². The van der Waals surface area contributed by atoms with Crippen molar-refractivity contribution in [3.05, 3.63) is 28.8 Å². The molecule has 1 aromatic carbocycles. The predicted molar refractivity (Wildman–Crippen MR) is 71.9 cm³/mol. The Morgan fingerprint density at radius 3 is 2.59 bits per heavy atom. The molecule has 0 saturated heterocycles. The van der Waals surface area contributed by atoms with Gasteiger partial charge in [-0.1, -0.05) is 31.9 Å². The standard InChI is InChI=1S/C14H21ClO2/c1-4-8-14(16,5-2)10-11-9-12(15)6-7-13(11)17-3/h6-7,9,16H,4-5,8,10H2,1-3H3. The Bertz CT molecular complexity index is 365. The lowest BCUT2D eigenvalue weighted by molar-refractivity contribution is 0.0266. The van der Waals surface area contributed by atoms with Gasteiger partial charge in [0.25, 0.3) is 0 Å². The van der Waals surface area contributed by atoms with E-state index in [0.717, 1.165) is 30.6 Å². The van der Waals surface area contributed by atoms with E-state index in [1.54, 1.807) is 13.2 Å². The Labute approximate surface area is 109 Å². The molecule has 1 atom stereocenters. The van der Waals surface area contributed by atoms with Crippen molar-refractivity contribution in [3.8, 4) is 5.75 Å². The van der Waals surface area contributed by atoms with Gasteiger partial charge in [0, 0.05) is 11.4 Å². The number of ether oxygens (including phenoxy) is 1. The van der Waals surface area contributed by atoms with Crippen molar-refractivity contribution < 1.29 is 9.84 Å². The minimum Gasteiger partial charge on any atom is -0.496 e. The van der Waals surface area contributed by atoms with E-state index in [1.165, 1.54) is 0 Å². The molecule has 0 saturated carbocycles. The number of methoxy groups -OCH3 is 1. The minimum atomic E-state index is -0.660. The fraction of sp³-hybridized carbons (Fsp3) is 0.571. The first-order valence-corrected chi connectivity index (χ1v) is 6.47.